The number of hydrogen-bond donors (Lipinski definition) is 0. The third-order valence-electron chi connectivity index (χ3n) is 1.80. The van der Waals surface area contributed by atoms with Gasteiger partial charge in [-0.15, -0.1) is 13.2 Å². The van der Waals surface area contributed by atoms with Crippen molar-refractivity contribution in [3.05, 3.63) is 6.42 Å². The lowest BCUT2D eigenvalue weighted by Gasteiger charge is -2.06. The summed E-state index contributed by atoms with van der Waals surface area (Å²) in [5.74, 6) is 0.677. The second-order valence-corrected chi connectivity index (χ2v) is 3.02. The zero-order valence-electron chi connectivity index (χ0n) is 6.73. The zero-order valence-corrected chi connectivity index (χ0v) is 6.73. The van der Waals surface area contributed by atoms with E-state index in [0.29, 0.717) is 12.3 Å². The predicted octanol–water partition coefficient (Wildman–Crippen LogP) is 2.92. The van der Waals surface area contributed by atoms with Crippen LogP contribution in [0.25, 0.3) is 0 Å². The summed E-state index contributed by atoms with van der Waals surface area (Å²) in [5, 5.41) is 0. The standard InChI is InChI=1S/C8H12F3O/c9-8(10,11)12-6-2-1-3-7-4-5-7/h4,7H,1-3,5-6H2. The molecule has 1 unspecified atom stereocenters. The molecule has 0 amide bonds. The van der Waals surface area contributed by atoms with E-state index in [4.69, 9.17) is 0 Å². The van der Waals surface area contributed by atoms with E-state index in [1.165, 1.54) is 0 Å². The monoisotopic (exact) mass is 181 g/mol. The molecular weight excluding hydrogens is 169 g/mol. The van der Waals surface area contributed by atoms with Gasteiger partial charge in [0.25, 0.3) is 0 Å². The van der Waals surface area contributed by atoms with Crippen LogP contribution in [0.15, 0.2) is 0 Å². The number of hydrogen-bond acceptors (Lipinski definition) is 1. The molecule has 1 rings (SSSR count). The third-order valence-corrected chi connectivity index (χ3v) is 1.80. The van der Waals surface area contributed by atoms with Gasteiger partial charge in [0.05, 0.1) is 6.61 Å². The summed E-state index contributed by atoms with van der Waals surface area (Å²) in [6.07, 6.45) is 1.21. The normalized spacial score (nSPS) is 18.2. The molecule has 1 radical (unpaired) electrons. The minimum Gasteiger partial charge on any atom is -0.292 e. The smallest absolute Gasteiger partial charge is 0.292 e. The van der Waals surface area contributed by atoms with Gasteiger partial charge in [-0.1, -0.05) is 12.8 Å². The maximum atomic E-state index is 11.4. The maximum absolute atomic E-state index is 11.4. The molecule has 1 saturated carbocycles. The Kier molecular flexibility index (Phi) is 3.38. The van der Waals surface area contributed by atoms with Gasteiger partial charge in [0.1, 0.15) is 0 Å². The zero-order chi connectivity index (χ0) is 9.03. The largest absolute Gasteiger partial charge is 0.522 e. The Bertz CT molecular complexity index is 129. The minimum absolute atomic E-state index is 0.198. The van der Waals surface area contributed by atoms with E-state index in [0.717, 1.165) is 19.3 Å². The first-order chi connectivity index (χ1) is 5.58. The summed E-state index contributed by atoms with van der Waals surface area (Å²) < 4.78 is 37.9. The third kappa shape index (κ3) is 5.41. The summed E-state index contributed by atoms with van der Waals surface area (Å²) in [6, 6.07) is 0. The number of halogens is 3. The van der Waals surface area contributed by atoms with Crippen molar-refractivity contribution < 1.29 is 17.9 Å². The van der Waals surface area contributed by atoms with E-state index in [1.54, 1.807) is 0 Å². The Morgan fingerprint density at radius 2 is 2.00 bits per heavy atom. The first-order valence-electron chi connectivity index (χ1n) is 4.12. The van der Waals surface area contributed by atoms with Crippen molar-refractivity contribution >= 4 is 0 Å². The Hall–Kier alpha value is -0.250. The fraction of sp³-hybridized carbons (Fsp3) is 0.875. The number of unbranched alkanes of at least 4 members (excludes halogenated alkanes) is 1. The molecule has 0 aromatic carbocycles. The van der Waals surface area contributed by atoms with E-state index in [9.17, 15) is 13.2 Å². The topological polar surface area (TPSA) is 9.23 Å². The predicted molar refractivity (Wildman–Crippen MR) is 38.3 cm³/mol. The van der Waals surface area contributed by atoms with Gasteiger partial charge in [-0.3, -0.25) is 4.74 Å². The van der Waals surface area contributed by atoms with E-state index >= 15 is 0 Å². The van der Waals surface area contributed by atoms with Crippen molar-refractivity contribution in [1.82, 2.24) is 0 Å². The molecule has 0 N–H and O–H groups in total. The Balaban J connectivity index is 1.82. The summed E-state index contributed by atoms with van der Waals surface area (Å²) in [6.45, 7) is -0.198. The number of ether oxygens (including phenoxy) is 1. The van der Waals surface area contributed by atoms with Gasteiger partial charge in [0, 0.05) is 0 Å². The van der Waals surface area contributed by atoms with Gasteiger partial charge < -0.3 is 0 Å². The summed E-state index contributed by atoms with van der Waals surface area (Å²) in [7, 11) is 0. The molecule has 4 heteroatoms. The van der Waals surface area contributed by atoms with Crippen molar-refractivity contribution in [2.45, 2.75) is 32.0 Å². The van der Waals surface area contributed by atoms with Gasteiger partial charge >= 0.3 is 6.36 Å². The molecule has 0 bridgehead atoms. The number of alkyl halides is 3. The van der Waals surface area contributed by atoms with E-state index < -0.39 is 6.36 Å². The van der Waals surface area contributed by atoms with Crippen molar-refractivity contribution in [3.8, 4) is 0 Å². The highest BCUT2D eigenvalue weighted by Gasteiger charge is 2.28. The Morgan fingerprint density at radius 1 is 1.33 bits per heavy atom. The second-order valence-electron chi connectivity index (χ2n) is 3.02. The summed E-state index contributed by atoms with van der Waals surface area (Å²) in [5.41, 5.74) is 0. The van der Waals surface area contributed by atoms with Crippen LogP contribution in [-0.2, 0) is 4.74 Å². The average Bonchev–Trinajstić information content (AvgIpc) is 2.68. The van der Waals surface area contributed by atoms with Gasteiger partial charge in [0.15, 0.2) is 0 Å². The fourth-order valence-corrected chi connectivity index (χ4v) is 1.03. The van der Waals surface area contributed by atoms with Crippen LogP contribution in [0.1, 0.15) is 25.7 Å². The van der Waals surface area contributed by atoms with Crippen LogP contribution in [0.5, 0.6) is 0 Å². The molecule has 0 heterocycles. The van der Waals surface area contributed by atoms with Crippen molar-refractivity contribution in [2.75, 3.05) is 6.61 Å². The van der Waals surface area contributed by atoms with Gasteiger partial charge in [-0.05, 0) is 25.2 Å². The first-order valence-corrected chi connectivity index (χ1v) is 4.12. The van der Waals surface area contributed by atoms with Gasteiger partial charge in [-0.2, -0.15) is 0 Å². The fourth-order valence-electron chi connectivity index (χ4n) is 1.03. The molecule has 1 aliphatic rings. The maximum Gasteiger partial charge on any atom is 0.522 e. The summed E-state index contributed by atoms with van der Waals surface area (Å²) >= 11 is 0. The molecule has 0 aromatic heterocycles. The lowest BCUT2D eigenvalue weighted by Crippen LogP contribution is -2.13. The highest BCUT2D eigenvalue weighted by Crippen LogP contribution is 2.32. The van der Waals surface area contributed by atoms with Crippen LogP contribution in [0, 0.1) is 12.3 Å². The van der Waals surface area contributed by atoms with E-state index in [2.05, 4.69) is 11.2 Å². The Morgan fingerprint density at radius 3 is 2.50 bits per heavy atom. The van der Waals surface area contributed by atoms with Crippen molar-refractivity contribution in [2.24, 2.45) is 5.92 Å². The second kappa shape index (κ2) is 4.12. The molecule has 71 valence electrons. The highest BCUT2D eigenvalue weighted by molar-refractivity contribution is 4.93. The van der Waals surface area contributed by atoms with Crippen LogP contribution < -0.4 is 0 Å². The van der Waals surface area contributed by atoms with Crippen LogP contribution in [0.4, 0.5) is 13.2 Å². The van der Waals surface area contributed by atoms with Gasteiger partial charge in [-0.25, -0.2) is 0 Å². The molecule has 1 nitrogen and oxygen atoms in total. The van der Waals surface area contributed by atoms with E-state index in [-0.39, 0.29) is 6.61 Å². The number of rotatable bonds is 5. The molecule has 1 aliphatic carbocycles. The molecule has 0 aliphatic heterocycles. The van der Waals surface area contributed by atoms with Crippen LogP contribution in [0.3, 0.4) is 0 Å². The summed E-state index contributed by atoms with van der Waals surface area (Å²) in [4.78, 5) is 0. The van der Waals surface area contributed by atoms with Crippen LogP contribution in [-0.4, -0.2) is 13.0 Å². The minimum atomic E-state index is -4.45. The molecule has 1 fully saturated rings. The lowest BCUT2D eigenvalue weighted by molar-refractivity contribution is -0.324. The molecule has 0 spiro atoms. The lowest BCUT2D eigenvalue weighted by atomic mass is 10.2. The SMILES string of the molecule is FC(F)(F)OCCCCC1[CH]C1. The van der Waals surface area contributed by atoms with E-state index in [1.807, 2.05) is 0 Å². The average molecular weight is 181 g/mol. The molecule has 0 aromatic rings. The van der Waals surface area contributed by atoms with Crippen molar-refractivity contribution in [1.29, 1.82) is 0 Å². The van der Waals surface area contributed by atoms with Crippen LogP contribution >= 0.6 is 0 Å². The Labute approximate surface area is 69.9 Å². The van der Waals surface area contributed by atoms with Crippen molar-refractivity contribution in [3.63, 3.8) is 0 Å². The highest BCUT2D eigenvalue weighted by atomic mass is 19.4. The van der Waals surface area contributed by atoms with Gasteiger partial charge in [0.2, 0.25) is 0 Å². The molecule has 1 atom stereocenters. The molecule has 0 saturated heterocycles. The quantitative estimate of drug-likeness (QED) is 0.592. The van der Waals surface area contributed by atoms with Crippen LogP contribution in [0.2, 0.25) is 0 Å². The molecular formula is C8H12F3O. The molecule has 12 heavy (non-hydrogen) atoms. The first kappa shape index (κ1) is 9.84.